The fourth-order valence-corrected chi connectivity index (χ4v) is 5.14. The molecule has 2 unspecified atom stereocenters. The first-order chi connectivity index (χ1) is 17.7. The molecule has 0 radical (unpaired) electrons. The zero-order valence-electron chi connectivity index (χ0n) is 22.3. The van der Waals surface area contributed by atoms with Gasteiger partial charge in [0.15, 0.2) is 0 Å². The molecule has 2 aromatic carbocycles. The third kappa shape index (κ3) is 5.54. The molecule has 2 heterocycles. The molecule has 2 aliphatic heterocycles. The molecule has 3 amide bonds. The number of nitrogens with zero attached hydrogens (tertiary/aromatic N) is 3. The van der Waals surface area contributed by atoms with E-state index in [1.165, 1.54) is 4.90 Å². The summed E-state index contributed by atoms with van der Waals surface area (Å²) in [6.07, 6.45) is 0. The van der Waals surface area contributed by atoms with Gasteiger partial charge in [-0.25, -0.2) is 9.59 Å². The number of ether oxygens (including phenoxy) is 1. The van der Waals surface area contributed by atoms with Crippen LogP contribution in [0.25, 0.3) is 0 Å². The molecule has 2 aromatic rings. The second-order valence-corrected chi connectivity index (χ2v) is 9.83. The summed E-state index contributed by atoms with van der Waals surface area (Å²) in [5.41, 5.74) is 4.68. The number of nitrogens with one attached hydrogen (secondary N) is 1. The van der Waals surface area contributed by atoms with E-state index in [1.807, 2.05) is 74.2 Å². The van der Waals surface area contributed by atoms with Crippen molar-refractivity contribution in [2.24, 2.45) is 0 Å². The van der Waals surface area contributed by atoms with Gasteiger partial charge < -0.3 is 15.0 Å². The van der Waals surface area contributed by atoms with E-state index in [-0.39, 0.29) is 24.6 Å². The van der Waals surface area contributed by atoms with Crippen LogP contribution in [0.1, 0.15) is 46.9 Å². The van der Waals surface area contributed by atoms with E-state index < -0.39 is 12.0 Å². The topological polar surface area (TPSA) is 82.2 Å². The lowest BCUT2D eigenvalue weighted by Gasteiger charge is -2.42. The van der Waals surface area contributed by atoms with Gasteiger partial charge in [-0.3, -0.25) is 14.6 Å². The van der Waals surface area contributed by atoms with Crippen molar-refractivity contribution in [2.75, 3.05) is 39.8 Å². The van der Waals surface area contributed by atoms with Crippen molar-refractivity contribution >= 4 is 17.9 Å². The van der Waals surface area contributed by atoms with Crippen LogP contribution >= 0.6 is 0 Å². The predicted octanol–water partition coefficient (Wildman–Crippen LogP) is 3.66. The van der Waals surface area contributed by atoms with E-state index in [0.29, 0.717) is 43.0 Å². The molecule has 8 heteroatoms. The first-order valence-electron chi connectivity index (χ1n) is 12.8. The van der Waals surface area contributed by atoms with Gasteiger partial charge >= 0.3 is 12.0 Å². The average Bonchev–Trinajstić information content (AvgIpc) is 2.88. The van der Waals surface area contributed by atoms with Crippen LogP contribution in [0, 0.1) is 13.8 Å². The number of carbonyl (C=O) groups is 3. The summed E-state index contributed by atoms with van der Waals surface area (Å²) in [7, 11) is 1.68. The predicted molar refractivity (Wildman–Crippen MR) is 142 cm³/mol. The Labute approximate surface area is 218 Å². The van der Waals surface area contributed by atoms with E-state index in [9.17, 15) is 14.4 Å². The third-order valence-electron chi connectivity index (χ3n) is 7.18. The Morgan fingerprint density at radius 3 is 2.49 bits per heavy atom. The molecule has 196 valence electrons. The standard InChI is InChI=1S/C29H36N4O4/c1-6-37-28(35)25-24(31(5)29(36)30-26(25)23-16-19(2)12-13-20(23)3)18-32-14-15-33(21(4)17-32)27(34)22-10-8-7-9-11-22/h7-13,16,21,26H,6,14-15,17-18H2,1-5H3,(H,30,36). The molecule has 1 fully saturated rings. The minimum Gasteiger partial charge on any atom is -0.463 e. The van der Waals surface area contributed by atoms with Gasteiger partial charge in [-0.2, -0.15) is 0 Å². The van der Waals surface area contributed by atoms with E-state index in [2.05, 4.69) is 10.2 Å². The number of hydrogen-bond acceptors (Lipinski definition) is 5. The Morgan fingerprint density at radius 2 is 1.81 bits per heavy atom. The Balaban J connectivity index is 1.63. The highest BCUT2D eigenvalue weighted by Gasteiger charge is 2.39. The number of amides is 3. The van der Waals surface area contributed by atoms with Crippen LogP contribution < -0.4 is 5.32 Å². The molecule has 2 atom stereocenters. The van der Waals surface area contributed by atoms with Crippen LogP contribution in [-0.4, -0.2) is 78.5 Å². The van der Waals surface area contributed by atoms with Gasteiger partial charge in [0.2, 0.25) is 0 Å². The summed E-state index contributed by atoms with van der Waals surface area (Å²) in [4.78, 5) is 45.0. The van der Waals surface area contributed by atoms with Crippen LogP contribution in [0.3, 0.4) is 0 Å². The summed E-state index contributed by atoms with van der Waals surface area (Å²) < 4.78 is 5.48. The van der Waals surface area contributed by atoms with Crippen molar-refractivity contribution < 1.29 is 19.1 Å². The average molecular weight is 505 g/mol. The first-order valence-corrected chi connectivity index (χ1v) is 12.8. The molecule has 0 spiro atoms. The fraction of sp³-hybridized carbons (Fsp3) is 0.414. The zero-order chi connectivity index (χ0) is 26.7. The lowest BCUT2D eigenvalue weighted by molar-refractivity contribution is -0.139. The first kappa shape index (κ1) is 26.4. The van der Waals surface area contributed by atoms with Crippen molar-refractivity contribution in [3.8, 4) is 0 Å². The summed E-state index contributed by atoms with van der Waals surface area (Å²) in [5.74, 6) is -0.412. The number of esters is 1. The number of benzene rings is 2. The molecule has 0 saturated carbocycles. The largest absolute Gasteiger partial charge is 0.463 e. The molecule has 2 aliphatic rings. The normalized spacial score (nSPS) is 20.6. The Kier molecular flexibility index (Phi) is 7.97. The van der Waals surface area contributed by atoms with E-state index in [4.69, 9.17) is 4.74 Å². The monoisotopic (exact) mass is 504 g/mol. The number of carbonyl (C=O) groups excluding carboxylic acids is 3. The van der Waals surface area contributed by atoms with Crippen molar-refractivity contribution in [3.63, 3.8) is 0 Å². The smallest absolute Gasteiger partial charge is 0.338 e. The maximum Gasteiger partial charge on any atom is 0.338 e. The highest BCUT2D eigenvalue weighted by molar-refractivity contribution is 5.95. The number of piperazine rings is 1. The number of rotatable bonds is 6. The molecular formula is C29H36N4O4. The summed E-state index contributed by atoms with van der Waals surface area (Å²) >= 11 is 0. The molecule has 0 aromatic heterocycles. The second kappa shape index (κ2) is 11.2. The van der Waals surface area contributed by atoms with Gasteiger partial charge in [0.25, 0.3) is 5.91 Å². The van der Waals surface area contributed by atoms with Gasteiger partial charge in [-0.1, -0.05) is 42.0 Å². The fourth-order valence-electron chi connectivity index (χ4n) is 5.14. The number of hydrogen-bond donors (Lipinski definition) is 1. The molecular weight excluding hydrogens is 468 g/mol. The van der Waals surface area contributed by atoms with Crippen molar-refractivity contribution in [2.45, 2.75) is 39.8 Å². The lowest BCUT2D eigenvalue weighted by atomic mass is 9.90. The zero-order valence-corrected chi connectivity index (χ0v) is 22.3. The van der Waals surface area contributed by atoms with Crippen molar-refractivity contribution in [1.82, 2.24) is 20.0 Å². The third-order valence-corrected chi connectivity index (χ3v) is 7.18. The highest BCUT2D eigenvalue weighted by atomic mass is 16.5. The summed E-state index contributed by atoms with van der Waals surface area (Å²) in [5, 5.41) is 3.01. The molecule has 37 heavy (non-hydrogen) atoms. The molecule has 0 bridgehead atoms. The van der Waals surface area contributed by atoms with Crippen LogP contribution in [0.2, 0.25) is 0 Å². The summed E-state index contributed by atoms with van der Waals surface area (Å²) in [6, 6.07) is 14.4. The Hall–Kier alpha value is -3.65. The van der Waals surface area contributed by atoms with Crippen LogP contribution in [0.4, 0.5) is 4.79 Å². The molecule has 0 aliphatic carbocycles. The van der Waals surface area contributed by atoms with Gasteiger partial charge in [0.1, 0.15) is 0 Å². The SMILES string of the molecule is CCOC(=O)C1=C(CN2CCN(C(=O)c3ccccc3)C(C)C2)N(C)C(=O)NC1c1cc(C)ccc1C. The Bertz CT molecular complexity index is 1210. The molecule has 8 nitrogen and oxygen atoms in total. The van der Waals surface area contributed by atoms with Crippen LogP contribution in [0.15, 0.2) is 59.8 Å². The quantitative estimate of drug-likeness (QED) is 0.607. The molecule has 1 N–H and O–H groups in total. The van der Waals surface area contributed by atoms with Gasteiger partial charge in [0, 0.05) is 50.5 Å². The minimum absolute atomic E-state index is 0.0170. The van der Waals surface area contributed by atoms with Gasteiger partial charge in [-0.15, -0.1) is 0 Å². The number of urea groups is 1. The van der Waals surface area contributed by atoms with E-state index >= 15 is 0 Å². The molecule has 1 saturated heterocycles. The lowest BCUT2D eigenvalue weighted by Crippen LogP contribution is -2.56. The Morgan fingerprint density at radius 1 is 1.08 bits per heavy atom. The van der Waals surface area contributed by atoms with Crippen molar-refractivity contribution in [1.29, 1.82) is 0 Å². The number of aryl methyl sites for hydroxylation is 2. The van der Waals surface area contributed by atoms with E-state index in [1.54, 1.807) is 14.0 Å². The maximum atomic E-state index is 13.3. The maximum absolute atomic E-state index is 13.3. The highest BCUT2D eigenvalue weighted by Crippen LogP contribution is 2.33. The van der Waals surface area contributed by atoms with Crippen molar-refractivity contribution in [3.05, 3.63) is 82.1 Å². The summed E-state index contributed by atoms with van der Waals surface area (Å²) in [6.45, 7) is 10.2. The van der Waals surface area contributed by atoms with Gasteiger partial charge in [0.05, 0.1) is 18.2 Å². The molecule has 4 rings (SSSR count). The van der Waals surface area contributed by atoms with E-state index in [0.717, 1.165) is 16.7 Å². The minimum atomic E-state index is -0.601. The second-order valence-electron chi connectivity index (χ2n) is 9.83. The number of likely N-dealkylation sites (N-methyl/N-ethyl adjacent to an activating group) is 1. The van der Waals surface area contributed by atoms with Gasteiger partial charge in [-0.05, 0) is 51.0 Å². The van der Waals surface area contributed by atoms with Crippen LogP contribution in [0.5, 0.6) is 0 Å². The van der Waals surface area contributed by atoms with Crippen LogP contribution in [-0.2, 0) is 9.53 Å².